The van der Waals surface area contributed by atoms with Crippen molar-refractivity contribution in [2.45, 2.75) is 0 Å². The number of rotatable bonds is 7. The topological polar surface area (TPSA) is 118 Å². The quantitative estimate of drug-likeness (QED) is 0.169. The van der Waals surface area contributed by atoms with Crippen LogP contribution in [0.3, 0.4) is 0 Å². The number of nitrogens with one attached hydrogen (secondary N) is 3. The number of amides is 2. The van der Waals surface area contributed by atoms with Gasteiger partial charge in [0.15, 0.2) is 0 Å². The van der Waals surface area contributed by atoms with Crippen molar-refractivity contribution in [3.63, 3.8) is 0 Å². The maximum absolute atomic E-state index is 10.9. The summed E-state index contributed by atoms with van der Waals surface area (Å²) in [5.74, 6) is -0.478. The van der Waals surface area contributed by atoms with Crippen molar-refractivity contribution in [2.24, 2.45) is 10.7 Å². The number of nitrogens with two attached hydrogens (primary N) is 1. The lowest BCUT2D eigenvalue weighted by atomic mass is 10.5. The highest BCUT2D eigenvalue weighted by atomic mass is 16.7. The average molecular weight is 217 g/mol. The molecule has 0 unspecified atom stereocenters. The van der Waals surface area contributed by atoms with Crippen LogP contribution >= 0.6 is 0 Å². The Morgan fingerprint density at radius 1 is 1.47 bits per heavy atom. The van der Waals surface area contributed by atoms with Gasteiger partial charge in [-0.25, -0.2) is 15.1 Å². The van der Waals surface area contributed by atoms with Gasteiger partial charge in [-0.15, -0.1) is 0 Å². The van der Waals surface area contributed by atoms with Crippen molar-refractivity contribution >= 4 is 18.3 Å². The summed E-state index contributed by atoms with van der Waals surface area (Å²) in [5.41, 5.74) is 7.04. The lowest BCUT2D eigenvalue weighted by Gasteiger charge is -2.04. The monoisotopic (exact) mass is 217 g/mol. The van der Waals surface area contributed by atoms with Crippen LogP contribution in [0.5, 0.6) is 0 Å². The molecule has 0 spiro atoms. The molecule has 0 aromatic carbocycles. The third-order valence-electron chi connectivity index (χ3n) is 1.22. The van der Waals surface area contributed by atoms with Gasteiger partial charge in [0.2, 0.25) is 0 Å². The van der Waals surface area contributed by atoms with Gasteiger partial charge < -0.3 is 21.2 Å². The summed E-state index contributed by atoms with van der Waals surface area (Å²) in [4.78, 5) is 29.2. The maximum Gasteiger partial charge on any atom is 0.345 e. The van der Waals surface area contributed by atoms with Gasteiger partial charge in [0.1, 0.15) is 6.34 Å². The predicted molar refractivity (Wildman–Crippen MR) is 54.1 cm³/mol. The molecule has 0 rings (SSSR count). The number of primary amides is 1. The fraction of sp³-hybridized carbons (Fsp3) is 0.571. The van der Waals surface area contributed by atoms with Crippen molar-refractivity contribution in [3.05, 3.63) is 0 Å². The van der Waals surface area contributed by atoms with Gasteiger partial charge in [0, 0.05) is 20.1 Å². The van der Waals surface area contributed by atoms with Crippen molar-refractivity contribution < 1.29 is 14.4 Å². The molecule has 5 N–H and O–H groups in total. The highest BCUT2D eigenvalue weighted by Gasteiger charge is 2.00. The molecule has 0 radical (unpaired) electrons. The van der Waals surface area contributed by atoms with Crippen LogP contribution in [-0.4, -0.2) is 45.0 Å². The Balaban J connectivity index is 3.27. The van der Waals surface area contributed by atoms with Crippen LogP contribution in [0.1, 0.15) is 0 Å². The van der Waals surface area contributed by atoms with E-state index in [-0.39, 0.29) is 6.54 Å². The molecule has 0 fully saturated rings. The lowest BCUT2D eigenvalue weighted by molar-refractivity contribution is -0.146. The first kappa shape index (κ1) is 13.2. The smallest absolute Gasteiger partial charge is 0.345 e. The van der Waals surface area contributed by atoms with E-state index in [9.17, 15) is 9.59 Å². The van der Waals surface area contributed by atoms with Crippen molar-refractivity contribution in [1.29, 1.82) is 0 Å². The van der Waals surface area contributed by atoms with E-state index < -0.39 is 12.0 Å². The summed E-state index contributed by atoms with van der Waals surface area (Å²) in [6, 6.07) is -0.597. The minimum absolute atomic E-state index is 0.0327. The zero-order valence-corrected chi connectivity index (χ0v) is 8.45. The highest BCUT2D eigenvalue weighted by molar-refractivity contribution is 5.72. The molecule has 8 heteroatoms. The molecule has 0 saturated heterocycles. The molecular formula is C7H15N5O3. The van der Waals surface area contributed by atoms with E-state index in [2.05, 4.69) is 25.9 Å². The van der Waals surface area contributed by atoms with E-state index in [1.165, 1.54) is 13.4 Å². The van der Waals surface area contributed by atoms with Gasteiger partial charge in [-0.3, -0.25) is 4.99 Å². The molecule has 0 aliphatic heterocycles. The Morgan fingerprint density at radius 2 is 2.20 bits per heavy atom. The number of aliphatic imine (C=N–C) groups is 1. The average Bonchev–Trinajstić information content (AvgIpc) is 2.17. The van der Waals surface area contributed by atoms with E-state index in [0.717, 1.165) is 0 Å². The molecular weight excluding hydrogens is 202 g/mol. The Bertz CT molecular complexity index is 231. The maximum atomic E-state index is 10.9. The molecule has 0 aliphatic rings. The first-order chi connectivity index (χ1) is 7.16. The fourth-order valence-electron chi connectivity index (χ4n) is 0.645. The summed E-state index contributed by atoms with van der Waals surface area (Å²) in [6.45, 7) is 0.817. The molecule has 0 aromatic rings. The minimum Gasteiger partial charge on any atom is -0.352 e. The summed E-state index contributed by atoms with van der Waals surface area (Å²) in [7, 11) is 1.54. The van der Waals surface area contributed by atoms with E-state index in [1.807, 2.05) is 0 Å². The molecule has 0 saturated carbocycles. The van der Waals surface area contributed by atoms with Crippen molar-refractivity contribution in [3.8, 4) is 0 Å². The largest absolute Gasteiger partial charge is 0.352 e. The van der Waals surface area contributed by atoms with E-state index in [0.29, 0.717) is 13.1 Å². The van der Waals surface area contributed by atoms with Gasteiger partial charge in [-0.1, -0.05) is 0 Å². The highest BCUT2D eigenvalue weighted by Crippen LogP contribution is 1.69. The molecule has 0 bridgehead atoms. The molecule has 0 aliphatic carbocycles. The second kappa shape index (κ2) is 8.75. The number of hydrogen-bond donors (Lipinski definition) is 4. The van der Waals surface area contributed by atoms with Crippen LogP contribution in [0.2, 0.25) is 0 Å². The molecule has 0 aromatic heterocycles. The molecule has 8 nitrogen and oxygen atoms in total. The number of hydrogen-bond acceptors (Lipinski definition) is 5. The minimum atomic E-state index is -0.597. The number of nitrogens with zero attached hydrogens (tertiary/aromatic N) is 1. The molecule has 86 valence electrons. The standard InChI is InChI=1S/C7H15N5O3/c1-9-5-12-15-6(13)4-10-2-3-11-7(8)14/h5,10H,2-4H2,1H3,(H,9,12)(H3,8,11,14). The zero-order valence-electron chi connectivity index (χ0n) is 8.45. The number of carbonyl (C=O) groups excluding carboxylic acids is 2. The van der Waals surface area contributed by atoms with Crippen LogP contribution in [0.15, 0.2) is 4.99 Å². The Labute approximate surface area is 87.2 Å². The van der Waals surface area contributed by atoms with Gasteiger partial charge in [0.05, 0.1) is 6.54 Å². The molecule has 0 atom stereocenters. The summed E-state index contributed by atoms with van der Waals surface area (Å²) in [6.07, 6.45) is 1.24. The van der Waals surface area contributed by atoms with Crippen molar-refractivity contribution in [2.75, 3.05) is 26.7 Å². The van der Waals surface area contributed by atoms with Gasteiger partial charge in [0.25, 0.3) is 0 Å². The second-order valence-corrected chi connectivity index (χ2v) is 2.45. The number of carbonyl (C=O) groups is 2. The normalized spacial score (nSPS) is 9.93. The van der Waals surface area contributed by atoms with Crippen molar-refractivity contribution in [1.82, 2.24) is 16.1 Å². The Kier molecular flexibility index (Phi) is 7.69. The number of urea groups is 1. The first-order valence-corrected chi connectivity index (χ1v) is 4.26. The second-order valence-electron chi connectivity index (χ2n) is 2.45. The summed E-state index contributed by atoms with van der Waals surface area (Å²) < 4.78 is 0. The third-order valence-corrected chi connectivity index (χ3v) is 1.22. The van der Waals surface area contributed by atoms with Gasteiger partial charge in [-0.05, 0) is 0 Å². The molecule has 0 heterocycles. The Hall–Kier alpha value is -1.83. The van der Waals surface area contributed by atoms with Crippen LogP contribution in [0.25, 0.3) is 0 Å². The third kappa shape index (κ3) is 10.1. The predicted octanol–water partition coefficient (Wildman–Crippen LogP) is -2.05. The first-order valence-electron chi connectivity index (χ1n) is 4.26. The zero-order chi connectivity index (χ0) is 11.5. The molecule has 2 amide bonds. The van der Waals surface area contributed by atoms with Crippen LogP contribution in [0.4, 0.5) is 4.79 Å². The Morgan fingerprint density at radius 3 is 2.80 bits per heavy atom. The fourth-order valence-corrected chi connectivity index (χ4v) is 0.645. The lowest BCUT2D eigenvalue weighted by Crippen LogP contribution is -2.37. The number of hydroxylamine groups is 1. The van der Waals surface area contributed by atoms with Crippen LogP contribution < -0.4 is 21.8 Å². The van der Waals surface area contributed by atoms with Gasteiger partial charge >= 0.3 is 12.0 Å². The van der Waals surface area contributed by atoms with Crippen LogP contribution in [-0.2, 0) is 9.63 Å². The van der Waals surface area contributed by atoms with Gasteiger partial charge in [-0.2, -0.15) is 0 Å². The SMILES string of the molecule is CN=CNOC(=O)CNCCNC(N)=O. The molecule has 15 heavy (non-hydrogen) atoms. The summed E-state index contributed by atoms with van der Waals surface area (Å²) in [5, 5.41) is 5.10. The van der Waals surface area contributed by atoms with Crippen LogP contribution in [0, 0.1) is 0 Å². The van der Waals surface area contributed by atoms with E-state index in [1.54, 1.807) is 0 Å². The van der Waals surface area contributed by atoms with E-state index >= 15 is 0 Å². The van der Waals surface area contributed by atoms with E-state index in [4.69, 9.17) is 5.73 Å². The summed E-state index contributed by atoms with van der Waals surface area (Å²) >= 11 is 0.